The van der Waals surface area contributed by atoms with E-state index in [2.05, 4.69) is 73.8 Å². The smallest absolute Gasteiger partial charge is 0.245 e. The highest BCUT2D eigenvalue weighted by Crippen LogP contribution is 2.13. The van der Waals surface area contributed by atoms with Gasteiger partial charge in [0.15, 0.2) is 11.9 Å². The SMILES string of the molecule is CC(C)[C@H](NC(=O)[C@H](Cc1ccccc1)NC(=O)CNC(=O)CNC(=O)[C@@H](N)Cc1ccc(O)cc1)C(=O)NCC(=O)N[C@@H](C)C(=O)N[C@@H](CCCN=C(N)N)C(=O)N[C@@H](CCCCN)C(=O)N[C@@H](CO)C(=O)N[C@@H](C)C(=O)N[C@@H](CCCN=C(N)N)C(=O)N[C@@H](CCCCN)C(N)=O. The van der Waals surface area contributed by atoms with Gasteiger partial charge in [-0.1, -0.05) is 56.3 Å². The normalized spacial score (nSPS) is 13.9. The van der Waals surface area contributed by atoms with E-state index >= 15 is 0 Å². The van der Waals surface area contributed by atoms with Crippen LogP contribution in [0.25, 0.3) is 0 Å². The van der Waals surface area contributed by atoms with Gasteiger partial charge in [-0.15, -0.1) is 0 Å². The van der Waals surface area contributed by atoms with Crippen molar-refractivity contribution >= 4 is 88.7 Å². The number of unbranched alkanes of at least 4 members (excludes halogenated alkanes) is 2. The van der Waals surface area contributed by atoms with Crippen molar-refractivity contribution < 1.29 is 72.5 Å². The summed E-state index contributed by atoms with van der Waals surface area (Å²) in [6, 6.07) is 1.24. The zero-order chi connectivity index (χ0) is 74.1. The van der Waals surface area contributed by atoms with Crippen LogP contribution in [-0.2, 0) is 75.2 Å². The van der Waals surface area contributed by atoms with Gasteiger partial charge in [0.2, 0.25) is 76.8 Å². The molecule has 0 aliphatic carbocycles. The van der Waals surface area contributed by atoms with E-state index in [4.69, 9.17) is 45.9 Å². The van der Waals surface area contributed by atoms with Crippen LogP contribution in [0.2, 0.25) is 0 Å². The quantitative estimate of drug-likeness (QED) is 0.0166. The summed E-state index contributed by atoms with van der Waals surface area (Å²) in [7, 11) is 0. The fourth-order valence-corrected chi connectivity index (χ4v) is 9.32. The number of guanidine groups is 2. The summed E-state index contributed by atoms with van der Waals surface area (Å²) in [4.78, 5) is 182. The van der Waals surface area contributed by atoms with Crippen LogP contribution < -0.4 is 110 Å². The Labute approximate surface area is 574 Å². The van der Waals surface area contributed by atoms with E-state index in [0.717, 1.165) is 0 Å². The van der Waals surface area contributed by atoms with Gasteiger partial charge in [0.25, 0.3) is 0 Å². The molecule has 0 aliphatic rings. The summed E-state index contributed by atoms with van der Waals surface area (Å²) >= 11 is 0. The highest BCUT2D eigenvalue weighted by atomic mass is 16.3. The zero-order valence-electron chi connectivity index (χ0n) is 56.4. The molecule has 0 aliphatic heterocycles. The van der Waals surface area contributed by atoms with Gasteiger partial charge in [-0.05, 0) is 127 Å². The Hall–Kier alpha value is -10.3. The number of carbonyl (C=O) groups is 13. The number of rotatable bonds is 47. The molecule has 99 heavy (non-hydrogen) atoms. The van der Waals surface area contributed by atoms with E-state index in [1.807, 2.05) is 0 Å². The average Bonchev–Trinajstić information content (AvgIpc) is 0.887. The number of aliphatic hydroxyl groups excluding tert-OH is 1. The minimum atomic E-state index is -1.72. The number of aromatic hydroxyl groups is 1. The van der Waals surface area contributed by atoms with Gasteiger partial charge in [0, 0.05) is 19.5 Å². The Balaban J connectivity index is 2.17. The van der Waals surface area contributed by atoms with Crippen LogP contribution in [-0.4, -0.2) is 212 Å². The highest BCUT2D eigenvalue weighted by Gasteiger charge is 2.34. The fraction of sp³-hybridized carbons (Fsp3) is 0.565. The van der Waals surface area contributed by atoms with E-state index in [1.54, 1.807) is 56.3 Å². The lowest BCUT2D eigenvalue weighted by atomic mass is 10.0. The first-order chi connectivity index (χ1) is 46.9. The lowest BCUT2D eigenvalue weighted by Gasteiger charge is -2.26. The molecule has 0 fully saturated rings. The Morgan fingerprint density at radius 3 is 1.32 bits per heavy atom. The van der Waals surface area contributed by atoms with Crippen LogP contribution in [0, 0.1) is 5.92 Å². The molecule has 0 unspecified atom stereocenters. The molecule has 0 saturated carbocycles. The van der Waals surface area contributed by atoms with E-state index in [9.17, 15) is 72.5 Å². The molecule has 2 rings (SSSR count). The van der Waals surface area contributed by atoms with Crippen molar-refractivity contribution in [1.82, 2.24) is 63.8 Å². The van der Waals surface area contributed by atoms with Crippen molar-refractivity contribution in [3.05, 3.63) is 65.7 Å². The second-order valence-corrected chi connectivity index (χ2v) is 23.6. The Morgan fingerprint density at radius 1 is 0.414 bits per heavy atom. The van der Waals surface area contributed by atoms with Crippen molar-refractivity contribution in [3.8, 4) is 5.75 Å². The molecule has 550 valence electrons. The third-order valence-corrected chi connectivity index (χ3v) is 14.9. The number of phenols is 1. The Kier molecular flexibility index (Phi) is 39.4. The van der Waals surface area contributed by atoms with Crippen LogP contribution >= 0.6 is 0 Å². The van der Waals surface area contributed by atoms with Crippen LogP contribution in [0.3, 0.4) is 0 Å². The number of nitrogens with one attached hydrogen (secondary N) is 12. The minimum absolute atomic E-state index is 0.0115. The number of carbonyl (C=O) groups excluding carboxylic acids is 13. The molecule has 2 aromatic carbocycles. The lowest BCUT2D eigenvalue weighted by Crippen LogP contribution is -2.60. The van der Waals surface area contributed by atoms with Crippen LogP contribution in [0.15, 0.2) is 64.6 Å². The Bertz CT molecular complexity index is 3040. The molecule has 0 aromatic heterocycles. The Morgan fingerprint density at radius 2 is 0.828 bits per heavy atom. The molecular formula is C62H102N22O15. The number of nitrogens with two attached hydrogens (primary N) is 8. The third-order valence-electron chi connectivity index (χ3n) is 14.9. The fourth-order valence-electron chi connectivity index (χ4n) is 9.32. The lowest BCUT2D eigenvalue weighted by molar-refractivity contribution is -0.136. The molecule has 0 spiro atoms. The van der Waals surface area contributed by atoms with Gasteiger partial charge in [0.1, 0.15) is 60.1 Å². The molecule has 13 amide bonds. The number of amides is 13. The maximum absolute atomic E-state index is 14.1. The molecule has 0 saturated heterocycles. The number of phenolic OH excluding ortho intramolecular Hbond substituents is 1. The number of nitrogens with zero attached hydrogens (tertiary/aromatic N) is 2. The van der Waals surface area contributed by atoms with Crippen LogP contribution in [0.4, 0.5) is 0 Å². The van der Waals surface area contributed by atoms with E-state index in [1.165, 1.54) is 26.0 Å². The van der Waals surface area contributed by atoms with Crippen LogP contribution in [0.5, 0.6) is 5.75 Å². The van der Waals surface area contributed by atoms with E-state index in [0.29, 0.717) is 36.9 Å². The number of primary amides is 1. The number of hydrogen-bond acceptors (Lipinski definition) is 20. The second-order valence-electron chi connectivity index (χ2n) is 23.6. The molecule has 0 heterocycles. The maximum atomic E-state index is 14.1. The maximum Gasteiger partial charge on any atom is 0.245 e. The molecule has 10 atom stereocenters. The first-order valence-electron chi connectivity index (χ1n) is 32.4. The van der Waals surface area contributed by atoms with Crippen molar-refractivity contribution in [2.24, 2.45) is 61.8 Å². The van der Waals surface area contributed by atoms with Crippen LogP contribution in [0.1, 0.15) is 103 Å². The molecular weight excluding hydrogens is 1290 g/mol. The van der Waals surface area contributed by atoms with E-state index < -0.39 is 169 Å². The van der Waals surface area contributed by atoms with Gasteiger partial charge in [-0.2, -0.15) is 0 Å². The van der Waals surface area contributed by atoms with Gasteiger partial charge in [0.05, 0.1) is 32.3 Å². The van der Waals surface area contributed by atoms with Crippen molar-refractivity contribution in [1.29, 1.82) is 0 Å². The molecule has 0 radical (unpaired) electrons. The molecule has 2 aromatic rings. The second kappa shape index (κ2) is 46.0. The summed E-state index contributed by atoms with van der Waals surface area (Å²) in [6.45, 7) is 3.45. The van der Waals surface area contributed by atoms with Gasteiger partial charge in [-0.25, -0.2) is 0 Å². The summed E-state index contributed by atoms with van der Waals surface area (Å²) < 4.78 is 0. The zero-order valence-corrected chi connectivity index (χ0v) is 56.4. The molecule has 37 heteroatoms. The van der Waals surface area contributed by atoms with Crippen molar-refractivity contribution in [2.75, 3.05) is 52.4 Å². The van der Waals surface area contributed by atoms with Crippen molar-refractivity contribution in [2.45, 2.75) is 165 Å². The van der Waals surface area contributed by atoms with E-state index in [-0.39, 0.29) is 95.1 Å². The predicted octanol–water partition coefficient (Wildman–Crippen LogP) is -8.24. The van der Waals surface area contributed by atoms with Gasteiger partial charge < -0.3 is 120 Å². The highest BCUT2D eigenvalue weighted by molar-refractivity contribution is 5.99. The number of aliphatic hydroxyl groups is 1. The average molecular weight is 1400 g/mol. The summed E-state index contributed by atoms with van der Waals surface area (Å²) in [5.74, 6) is -12.1. The first-order valence-corrected chi connectivity index (χ1v) is 32.4. The molecule has 30 N–H and O–H groups in total. The molecule has 0 bridgehead atoms. The minimum Gasteiger partial charge on any atom is -0.508 e. The number of hydrogen-bond donors (Lipinski definition) is 22. The third kappa shape index (κ3) is 34.5. The summed E-state index contributed by atoms with van der Waals surface area (Å²) in [5.41, 5.74) is 45.9. The number of aliphatic imine (C=N–C) groups is 2. The van der Waals surface area contributed by atoms with Gasteiger partial charge >= 0.3 is 0 Å². The summed E-state index contributed by atoms with van der Waals surface area (Å²) in [5, 5.41) is 49.5. The number of benzene rings is 2. The largest absolute Gasteiger partial charge is 0.508 e. The first kappa shape index (κ1) is 84.8. The standard InChI is InChI=1S/C62H102N22O15/c1-34(2)50(84-58(97)45(29-37-14-6-5-7-15-37)78-49(89)31-73-47(87)30-74-54(93)40(65)28-38-20-22-39(86)23-21-38)60(99)75-32-48(88)76-35(3)52(91)80-44(19-13-27-72-62(69)70)56(95)82-42(17-9-11-25-64)57(96)83-46(33-85)59(98)77-36(4)53(92)81-43(18-12-26-71-61(67)68)55(94)79-41(51(66)90)16-8-10-24-63/h5-7,14-15,20-23,34-36,40-46,50,85-86H,8-13,16-19,24-33,63-65H2,1-4H3,(H2,66,90)(H,73,87)(H,74,93)(H,75,99)(H,76,88)(H,77,98)(H,78,89)(H,79,94)(H,80,91)(H,81,92)(H,82,95)(H,83,96)(H,84,97)(H4,67,68,71)(H4,69,70,72)/t35-,36-,40-,41-,42-,43-,44-,45-,46-,50-/m0/s1. The predicted molar refractivity (Wildman–Crippen MR) is 364 cm³/mol. The topological polar surface area (TPSA) is 640 Å². The monoisotopic (exact) mass is 1390 g/mol. The summed E-state index contributed by atoms with van der Waals surface area (Å²) in [6.07, 6.45) is 1.88. The van der Waals surface area contributed by atoms with Gasteiger partial charge in [-0.3, -0.25) is 72.3 Å². The molecule has 37 nitrogen and oxygen atoms in total. The van der Waals surface area contributed by atoms with Crippen molar-refractivity contribution in [3.63, 3.8) is 0 Å².